The van der Waals surface area contributed by atoms with Gasteiger partial charge in [-0.25, -0.2) is 4.79 Å². The minimum atomic E-state index is -1.04. The summed E-state index contributed by atoms with van der Waals surface area (Å²) >= 11 is 1.56. The van der Waals surface area contributed by atoms with Gasteiger partial charge in [-0.2, -0.15) is 0 Å². The van der Waals surface area contributed by atoms with E-state index in [9.17, 15) is 4.79 Å². The lowest BCUT2D eigenvalue weighted by molar-refractivity contribution is -0.132. The van der Waals surface area contributed by atoms with Crippen LogP contribution in [0, 0.1) is 0 Å². The molecule has 17 heavy (non-hydrogen) atoms. The zero-order chi connectivity index (χ0) is 12.3. The van der Waals surface area contributed by atoms with Gasteiger partial charge in [-0.05, 0) is 11.6 Å². The Labute approximate surface area is 103 Å². The highest BCUT2D eigenvalue weighted by molar-refractivity contribution is 7.14. The lowest BCUT2D eigenvalue weighted by Crippen LogP contribution is -2.07. The van der Waals surface area contributed by atoms with E-state index in [1.807, 2.05) is 41.8 Å². The second-order valence-electron chi connectivity index (χ2n) is 3.47. The molecule has 86 valence electrons. The van der Waals surface area contributed by atoms with Gasteiger partial charge >= 0.3 is 5.97 Å². The Morgan fingerprint density at radius 1 is 1.29 bits per heavy atom. The number of benzene rings is 1. The number of hydrogen-bond donors (Lipinski definition) is 2. The van der Waals surface area contributed by atoms with Crippen molar-refractivity contribution >= 4 is 23.0 Å². The molecule has 0 bridgehead atoms. The van der Waals surface area contributed by atoms with Crippen molar-refractivity contribution < 1.29 is 9.90 Å². The number of hydrogen-bond acceptors (Lipinski definition) is 3. The van der Waals surface area contributed by atoms with Gasteiger partial charge < -0.3 is 10.4 Å². The normalized spacial score (nSPS) is 9.88. The van der Waals surface area contributed by atoms with E-state index >= 15 is 0 Å². The summed E-state index contributed by atoms with van der Waals surface area (Å²) in [5.41, 5.74) is 1.84. The van der Waals surface area contributed by atoms with Crippen molar-refractivity contribution in [3.63, 3.8) is 0 Å². The van der Waals surface area contributed by atoms with E-state index in [4.69, 9.17) is 5.11 Å². The minimum absolute atomic E-state index is 0.0255. The maximum absolute atomic E-state index is 10.6. The number of rotatable bonds is 4. The smallest absolute Gasteiger partial charge is 0.351 e. The highest BCUT2D eigenvalue weighted by Gasteiger charge is 2.06. The van der Waals surface area contributed by atoms with Crippen LogP contribution in [-0.2, 0) is 4.79 Å². The molecule has 0 spiro atoms. The minimum Gasteiger partial charge on any atom is -0.477 e. The summed E-state index contributed by atoms with van der Waals surface area (Å²) in [5, 5.41) is 13.3. The topological polar surface area (TPSA) is 49.3 Å². The van der Waals surface area contributed by atoms with Crippen molar-refractivity contribution in [1.29, 1.82) is 0 Å². The Kier molecular flexibility index (Phi) is 3.25. The Morgan fingerprint density at radius 2 is 2.00 bits per heavy atom. The number of anilines is 1. The zero-order valence-electron chi connectivity index (χ0n) is 9.01. The van der Waals surface area contributed by atoms with Crippen molar-refractivity contribution in [2.75, 3.05) is 5.32 Å². The maximum atomic E-state index is 10.6. The Balaban J connectivity index is 2.17. The molecule has 0 atom stereocenters. The first-order chi connectivity index (χ1) is 8.16. The second-order valence-corrected chi connectivity index (χ2v) is 4.39. The number of nitrogens with one attached hydrogen (secondary N) is 1. The number of aliphatic carboxylic acids is 1. The summed E-state index contributed by atoms with van der Waals surface area (Å²) in [4.78, 5) is 11.7. The van der Waals surface area contributed by atoms with E-state index in [2.05, 4.69) is 11.9 Å². The number of carboxylic acids is 1. The SMILES string of the molecule is C=C(Nc1csc(-c2ccccc2)c1)C(=O)O. The molecular weight excluding hydrogens is 234 g/mol. The van der Waals surface area contributed by atoms with E-state index in [0.717, 1.165) is 16.1 Å². The summed E-state index contributed by atoms with van der Waals surface area (Å²) < 4.78 is 0. The Bertz CT molecular complexity index is 546. The van der Waals surface area contributed by atoms with Gasteiger partial charge in [0.15, 0.2) is 0 Å². The average molecular weight is 245 g/mol. The molecule has 1 aromatic carbocycles. The first-order valence-electron chi connectivity index (χ1n) is 5.00. The lowest BCUT2D eigenvalue weighted by Gasteiger charge is -2.01. The lowest BCUT2D eigenvalue weighted by atomic mass is 10.2. The molecule has 2 rings (SSSR count). The zero-order valence-corrected chi connectivity index (χ0v) is 9.83. The highest BCUT2D eigenvalue weighted by Crippen LogP contribution is 2.29. The average Bonchev–Trinajstić information content (AvgIpc) is 2.78. The van der Waals surface area contributed by atoms with E-state index in [0.29, 0.717) is 0 Å². The van der Waals surface area contributed by atoms with Crippen molar-refractivity contribution in [3.05, 3.63) is 54.1 Å². The first kappa shape index (κ1) is 11.4. The monoisotopic (exact) mass is 245 g/mol. The molecule has 2 aromatic rings. The Morgan fingerprint density at radius 3 is 2.65 bits per heavy atom. The van der Waals surface area contributed by atoms with Crippen LogP contribution in [0.2, 0.25) is 0 Å². The summed E-state index contributed by atoms with van der Waals surface area (Å²) in [6, 6.07) is 11.8. The molecule has 1 heterocycles. The summed E-state index contributed by atoms with van der Waals surface area (Å²) in [5.74, 6) is -1.04. The molecule has 0 unspecified atom stereocenters. The molecule has 4 heteroatoms. The van der Waals surface area contributed by atoms with Gasteiger partial charge in [-0.1, -0.05) is 36.9 Å². The molecular formula is C13H11NO2S. The molecule has 0 radical (unpaired) electrons. The fourth-order valence-electron chi connectivity index (χ4n) is 1.38. The molecule has 0 aliphatic heterocycles. The van der Waals surface area contributed by atoms with Crippen molar-refractivity contribution in [2.45, 2.75) is 0 Å². The molecule has 0 saturated carbocycles. The van der Waals surface area contributed by atoms with Crippen molar-refractivity contribution in [1.82, 2.24) is 0 Å². The summed E-state index contributed by atoms with van der Waals surface area (Å²) in [7, 11) is 0. The molecule has 0 saturated heterocycles. The van der Waals surface area contributed by atoms with Crippen molar-refractivity contribution in [3.8, 4) is 10.4 Å². The van der Waals surface area contributed by atoms with Gasteiger partial charge in [0.1, 0.15) is 5.70 Å². The molecule has 1 aromatic heterocycles. The third-order valence-electron chi connectivity index (χ3n) is 2.21. The molecule has 2 N–H and O–H groups in total. The van der Waals surface area contributed by atoms with Gasteiger partial charge in [0, 0.05) is 10.3 Å². The van der Waals surface area contributed by atoms with Gasteiger partial charge in [0.25, 0.3) is 0 Å². The van der Waals surface area contributed by atoms with E-state index in [1.165, 1.54) is 0 Å². The van der Waals surface area contributed by atoms with Crippen molar-refractivity contribution in [2.24, 2.45) is 0 Å². The molecule has 0 aliphatic carbocycles. The largest absolute Gasteiger partial charge is 0.477 e. The van der Waals surface area contributed by atoms with Crippen LogP contribution >= 0.6 is 11.3 Å². The Hall–Kier alpha value is -2.07. The second kappa shape index (κ2) is 4.84. The van der Waals surface area contributed by atoms with Crippen LogP contribution in [0.3, 0.4) is 0 Å². The third-order valence-corrected chi connectivity index (χ3v) is 3.19. The number of carbonyl (C=O) groups is 1. The quantitative estimate of drug-likeness (QED) is 0.811. The van der Waals surface area contributed by atoms with E-state index in [1.54, 1.807) is 11.3 Å². The maximum Gasteiger partial charge on any atom is 0.351 e. The van der Waals surface area contributed by atoms with Gasteiger partial charge in [-0.15, -0.1) is 11.3 Å². The first-order valence-corrected chi connectivity index (χ1v) is 5.88. The van der Waals surface area contributed by atoms with Crippen LogP contribution in [0.25, 0.3) is 10.4 Å². The molecule has 0 fully saturated rings. The van der Waals surface area contributed by atoms with Crippen LogP contribution in [0.5, 0.6) is 0 Å². The number of thiophene rings is 1. The summed E-state index contributed by atoms with van der Waals surface area (Å²) in [6.07, 6.45) is 0. The van der Waals surface area contributed by atoms with Crippen LogP contribution in [0.15, 0.2) is 54.1 Å². The third kappa shape index (κ3) is 2.73. The highest BCUT2D eigenvalue weighted by atomic mass is 32.1. The molecule has 0 aliphatic rings. The summed E-state index contributed by atoms with van der Waals surface area (Å²) in [6.45, 7) is 3.43. The number of carboxylic acid groups (broad SMARTS) is 1. The molecule has 3 nitrogen and oxygen atoms in total. The fraction of sp³-hybridized carbons (Fsp3) is 0. The van der Waals surface area contributed by atoms with Crippen LogP contribution in [-0.4, -0.2) is 11.1 Å². The predicted octanol–water partition coefficient (Wildman–Crippen LogP) is 3.43. The van der Waals surface area contributed by atoms with Gasteiger partial charge in [-0.3, -0.25) is 0 Å². The van der Waals surface area contributed by atoms with Gasteiger partial charge in [0.2, 0.25) is 0 Å². The van der Waals surface area contributed by atoms with E-state index < -0.39 is 5.97 Å². The van der Waals surface area contributed by atoms with E-state index in [-0.39, 0.29) is 5.70 Å². The van der Waals surface area contributed by atoms with Crippen LogP contribution in [0.4, 0.5) is 5.69 Å². The predicted molar refractivity (Wildman–Crippen MR) is 70.2 cm³/mol. The van der Waals surface area contributed by atoms with Crippen LogP contribution in [0.1, 0.15) is 0 Å². The van der Waals surface area contributed by atoms with Gasteiger partial charge in [0.05, 0.1) is 5.69 Å². The standard InChI is InChI=1S/C13H11NO2S/c1-9(13(15)16)14-11-7-12(17-8-11)10-5-3-2-4-6-10/h2-8,14H,1H2,(H,15,16). The fourth-order valence-corrected chi connectivity index (χ4v) is 2.23. The van der Waals surface area contributed by atoms with Crippen LogP contribution < -0.4 is 5.32 Å². The molecule has 0 amide bonds.